The number of ether oxygens (including phenoxy) is 1. The number of rotatable bonds is 10. The average Bonchev–Trinajstić information content (AvgIpc) is 3.08. The highest BCUT2D eigenvalue weighted by molar-refractivity contribution is 7.99. The molecule has 0 unspecified atom stereocenters. The molecule has 0 aliphatic carbocycles. The molecule has 0 atom stereocenters. The molecule has 0 saturated heterocycles. The van der Waals surface area contributed by atoms with E-state index in [1.165, 1.54) is 35.6 Å². The van der Waals surface area contributed by atoms with Gasteiger partial charge in [-0.3, -0.25) is 4.79 Å². The first-order valence-electron chi connectivity index (χ1n) is 9.98. The van der Waals surface area contributed by atoms with Gasteiger partial charge < -0.3 is 9.30 Å². The molecule has 1 aromatic heterocycles. The fourth-order valence-electron chi connectivity index (χ4n) is 2.94. The summed E-state index contributed by atoms with van der Waals surface area (Å²) in [5.41, 5.74) is 0.764. The molecule has 172 valence electrons. The highest BCUT2D eigenvalue weighted by atomic mass is 32.2. The maximum atomic E-state index is 13.0. The third-order valence-electron chi connectivity index (χ3n) is 4.48. The zero-order valence-electron chi connectivity index (χ0n) is 17.5. The van der Waals surface area contributed by atoms with Gasteiger partial charge in [0.1, 0.15) is 5.82 Å². The lowest BCUT2D eigenvalue weighted by molar-refractivity contribution is -0.118. The van der Waals surface area contributed by atoms with Gasteiger partial charge in [-0.25, -0.2) is 17.9 Å². The maximum absolute atomic E-state index is 13.0. The Balaban J connectivity index is 1.75. The van der Waals surface area contributed by atoms with Crippen LogP contribution >= 0.6 is 23.1 Å². The summed E-state index contributed by atoms with van der Waals surface area (Å²) in [6.45, 7) is 3.38. The molecule has 0 spiro atoms. The quantitative estimate of drug-likeness (QED) is 0.341. The summed E-state index contributed by atoms with van der Waals surface area (Å²) < 4.78 is 44.3. The second kappa shape index (κ2) is 11.2. The number of nitrogens with two attached hydrogens (primary N) is 1. The van der Waals surface area contributed by atoms with Gasteiger partial charge in [0.15, 0.2) is 4.80 Å². The minimum atomic E-state index is -3.83. The minimum absolute atomic E-state index is 0.0129. The van der Waals surface area contributed by atoms with E-state index in [0.29, 0.717) is 41.4 Å². The Morgan fingerprint density at radius 2 is 2.00 bits per heavy atom. The van der Waals surface area contributed by atoms with Gasteiger partial charge in [-0.05, 0) is 61.6 Å². The topological polar surface area (TPSA) is 104 Å². The number of halogens is 1. The van der Waals surface area contributed by atoms with E-state index in [4.69, 9.17) is 9.88 Å². The molecule has 3 rings (SSSR count). The highest BCUT2D eigenvalue weighted by Crippen LogP contribution is 2.22. The minimum Gasteiger partial charge on any atom is -0.380 e. The predicted octanol–water partition coefficient (Wildman–Crippen LogP) is 3.53. The Morgan fingerprint density at radius 3 is 2.69 bits per heavy atom. The number of carbonyl (C=O) groups excluding carboxylic acids is 1. The number of primary sulfonamides is 1. The first-order chi connectivity index (χ1) is 15.3. The van der Waals surface area contributed by atoms with Gasteiger partial charge in [-0.2, -0.15) is 4.99 Å². The average molecular weight is 498 g/mol. The molecule has 0 saturated carbocycles. The zero-order chi connectivity index (χ0) is 23.1. The van der Waals surface area contributed by atoms with E-state index in [0.717, 1.165) is 10.4 Å². The van der Waals surface area contributed by atoms with Crippen molar-refractivity contribution in [3.8, 4) is 0 Å². The largest absolute Gasteiger partial charge is 0.380 e. The van der Waals surface area contributed by atoms with E-state index in [1.54, 1.807) is 30.0 Å². The number of amides is 1. The molecule has 1 heterocycles. The van der Waals surface area contributed by atoms with Crippen LogP contribution in [0.15, 0.2) is 57.2 Å². The summed E-state index contributed by atoms with van der Waals surface area (Å²) in [5, 5.41) is 5.24. The molecule has 7 nitrogen and oxygen atoms in total. The molecule has 3 aromatic rings. The fraction of sp³-hybridized carbons (Fsp3) is 0.333. The third kappa shape index (κ3) is 6.72. The van der Waals surface area contributed by atoms with Crippen molar-refractivity contribution < 1.29 is 22.3 Å². The van der Waals surface area contributed by atoms with Crippen LogP contribution in [0.1, 0.15) is 19.8 Å². The van der Waals surface area contributed by atoms with Gasteiger partial charge >= 0.3 is 0 Å². The van der Waals surface area contributed by atoms with Crippen LogP contribution in [0.3, 0.4) is 0 Å². The predicted molar refractivity (Wildman–Crippen MR) is 125 cm³/mol. The summed E-state index contributed by atoms with van der Waals surface area (Å²) in [6, 6.07) is 10.8. The van der Waals surface area contributed by atoms with Crippen LogP contribution in [0, 0.1) is 5.82 Å². The number of nitrogens with zero attached hydrogens (tertiary/aromatic N) is 2. The molecule has 0 aliphatic rings. The number of fused-ring (bicyclic) bond motifs is 1. The first-order valence-corrected chi connectivity index (χ1v) is 13.3. The molecule has 0 aliphatic heterocycles. The zero-order valence-corrected chi connectivity index (χ0v) is 19.9. The second-order valence-electron chi connectivity index (χ2n) is 6.82. The fourth-order valence-corrected chi connectivity index (χ4v) is 5.52. The molecule has 11 heteroatoms. The summed E-state index contributed by atoms with van der Waals surface area (Å²) >= 11 is 2.79. The van der Waals surface area contributed by atoms with Crippen LogP contribution in [-0.2, 0) is 26.1 Å². The molecular weight excluding hydrogens is 473 g/mol. The summed E-state index contributed by atoms with van der Waals surface area (Å²) in [5.74, 6) is 0.176. The smallest absolute Gasteiger partial charge is 0.248 e. The van der Waals surface area contributed by atoms with Crippen LogP contribution in [0.5, 0.6) is 0 Å². The van der Waals surface area contributed by atoms with Crippen molar-refractivity contribution in [2.75, 3.05) is 19.0 Å². The van der Waals surface area contributed by atoms with E-state index in [2.05, 4.69) is 4.99 Å². The van der Waals surface area contributed by atoms with E-state index in [1.807, 2.05) is 11.5 Å². The molecule has 0 fully saturated rings. The normalized spacial score (nSPS) is 12.5. The van der Waals surface area contributed by atoms with E-state index < -0.39 is 10.0 Å². The first kappa shape index (κ1) is 24.6. The lowest BCUT2D eigenvalue weighted by atomic mass is 10.3. The van der Waals surface area contributed by atoms with Crippen LogP contribution in [-0.4, -0.2) is 37.9 Å². The third-order valence-corrected chi connectivity index (χ3v) is 7.53. The van der Waals surface area contributed by atoms with E-state index >= 15 is 0 Å². The second-order valence-corrected chi connectivity index (χ2v) is 10.6. The number of carbonyl (C=O) groups is 1. The molecular formula is C21H24FN3O4S3. The van der Waals surface area contributed by atoms with Gasteiger partial charge in [-0.1, -0.05) is 11.3 Å². The summed E-state index contributed by atoms with van der Waals surface area (Å²) in [6.07, 6.45) is 0.903. The monoisotopic (exact) mass is 497 g/mol. The van der Waals surface area contributed by atoms with Crippen molar-refractivity contribution in [2.24, 2.45) is 10.1 Å². The number of thioether (sulfide) groups is 1. The number of hydrogen-bond acceptors (Lipinski definition) is 6. The van der Waals surface area contributed by atoms with E-state index in [-0.39, 0.29) is 23.0 Å². The van der Waals surface area contributed by atoms with Gasteiger partial charge in [0.05, 0.1) is 21.7 Å². The van der Waals surface area contributed by atoms with Gasteiger partial charge in [-0.15, -0.1) is 11.8 Å². The Morgan fingerprint density at radius 1 is 1.25 bits per heavy atom. The van der Waals surface area contributed by atoms with Crippen LogP contribution in [0.2, 0.25) is 0 Å². The Labute approximate surface area is 194 Å². The number of benzene rings is 2. The van der Waals surface area contributed by atoms with Crippen LogP contribution in [0.25, 0.3) is 10.2 Å². The van der Waals surface area contributed by atoms with Crippen LogP contribution in [0.4, 0.5) is 4.39 Å². The maximum Gasteiger partial charge on any atom is 0.248 e. The molecule has 2 aromatic carbocycles. The Bertz CT molecular complexity index is 1250. The Hall–Kier alpha value is -2.05. The van der Waals surface area contributed by atoms with Gasteiger partial charge in [0.2, 0.25) is 15.9 Å². The number of aromatic nitrogens is 1. The lowest BCUT2D eigenvalue weighted by Gasteiger charge is -2.06. The molecule has 0 radical (unpaired) electrons. The SMILES string of the molecule is CCOCCn1c(=NC(=O)CCCSc2ccc(F)cc2)sc2cc(S(N)(=O)=O)ccc21. The van der Waals surface area contributed by atoms with Crippen molar-refractivity contribution in [3.05, 3.63) is 53.1 Å². The molecule has 2 N–H and O–H groups in total. The van der Waals surface area contributed by atoms with Crippen molar-refractivity contribution in [2.45, 2.75) is 36.1 Å². The standard InChI is InChI=1S/C21H24FN3O4S3/c1-2-29-12-11-25-18-10-9-17(32(23,27)28)14-19(18)31-21(25)24-20(26)4-3-13-30-16-7-5-15(22)6-8-16/h5-10,14H,2-4,11-13H2,1H3,(H2,23,27,28). The Kier molecular flexibility index (Phi) is 8.60. The van der Waals surface area contributed by atoms with Crippen molar-refractivity contribution in [1.82, 2.24) is 4.57 Å². The van der Waals surface area contributed by atoms with Crippen LogP contribution < -0.4 is 9.94 Å². The lowest BCUT2D eigenvalue weighted by Crippen LogP contribution is -2.19. The summed E-state index contributed by atoms with van der Waals surface area (Å²) in [7, 11) is -3.83. The summed E-state index contributed by atoms with van der Waals surface area (Å²) in [4.78, 5) is 18.2. The number of thiazole rings is 1. The van der Waals surface area contributed by atoms with E-state index in [9.17, 15) is 17.6 Å². The van der Waals surface area contributed by atoms with Gasteiger partial charge in [0.25, 0.3) is 0 Å². The molecule has 1 amide bonds. The molecule has 32 heavy (non-hydrogen) atoms. The van der Waals surface area contributed by atoms with Crippen molar-refractivity contribution in [3.63, 3.8) is 0 Å². The van der Waals surface area contributed by atoms with Crippen molar-refractivity contribution in [1.29, 1.82) is 0 Å². The number of hydrogen-bond donors (Lipinski definition) is 1. The van der Waals surface area contributed by atoms with Gasteiger partial charge in [0, 0.05) is 24.5 Å². The number of sulfonamides is 1. The molecule has 0 bridgehead atoms. The van der Waals surface area contributed by atoms with Crippen molar-refractivity contribution >= 4 is 49.2 Å². The highest BCUT2D eigenvalue weighted by Gasteiger charge is 2.13.